The van der Waals surface area contributed by atoms with Crippen molar-refractivity contribution in [1.82, 2.24) is 42.1 Å². The van der Waals surface area contributed by atoms with Gasteiger partial charge in [-0.1, -0.05) is 55.2 Å². The maximum Gasteiger partial charge on any atom is 0.248 e. The second-order valence-electron chi connectivity index (χ2n) is 30.2. The molecule has 7 amide bonds. The number of halogens is 2. The highest BCUT2D eigenvalue weighted by Gasteiger charge is 2.53. The summed E-state index contributed by atoms with van der Waals surface area (Å²) in [6.07, 6.45) is -28.1. The molecule has 8 aliphatic rings. The number of ketones is 1. The predicted octanol–water partition coefficient (Wildman–Crippen LogP) is -0.687. The summed E-state index contributed by atoms with van der Waals surface area (Å²) in [4.78, 5) is 123. The van der Waals surface area contributed by atoms with Crippen molar-refractivity contribution in [1.29, 1.82) is 0 Å². The van der Waals surface area contributed by atoms with Gasteiger partial charge in [-0.3, -0.25) is 43.3 Å². The minimum Gasteiger partial charge on any atom is -0.508 e. The van der Waals surface area contributed by atoms with Gasteiger partial charge in [0.15, 0.2) is 29.9 Å². The van der Waals surface area contributed by atoms with Gasteiger partial charge in [0.2, 0.25) is 53.4 Å². The van der Waals surface area contributed by atoms with Gasteiger partial charge in [-0.2, -0.15) is 0 Å². The third kappa shape index (κ3) is 18.3. The zero-order chi connectivity index (χ0) is 84.0. The van der Waals surface area contributed by atoms with E-state index in [1.165, 1.54) is 58.2 Å². The summed E-state index contributed by atoms with van der Waals surface area (Å²) in [5.41, 5.74) is 8.61. The number of amides is 7. The summed E-state index contributed by atoms with van der Waals surface area (Å²) < 4.78 is 50.8. The summed E-state index contributed by atoms with van der Waals surface area (Å²) in [7, 11) is 4.69. The van der Waals surface area contributed by atoms with Gasteiger partial charge in [0.1, 0.15) is 126 Å². The molecule has 0 aromatic heterocycles. The predicted molar refractivity (Wildman–Crippen MR) is 401 cm³/mol. The summed E-state index contributed by atoms with van der Waals surface area (Å²) >= 11 is 14.5. The van der Waals surface area contributed by atoms with Crippen molar-refractivity contribution in [3.63, 3.8) is 0 Å². The van der Waals surface area contributed by atoms with Crippen LogP contribution in [0.2, 0.25) is 10.0 Å². The molecule has 39 heteroatoms. The van der Waals surface area contributed by atoms with E-state index < -0.39 is 256 Å². The number of benzene rings is 5. The minimum absolute atomic E-state index is 0.0957. The molecule has 0 radical (unpaired) electrons. The summed E-state index contributed by atoms with van der Waals surface area (Å²) in [6, 6.07) is -0.305. The zero-order valence-corrected chi connectivity index (χ0v) is 65.1. The molecule has 0 aliphatic carbocycles. The average Bonchev–Trinajstić information content (AvgIpc) is 0.728. The van der Waals surface area contributed by atoms with Crippen LogP contribution in [-0.4, -0.2) is 252 Å². The molecule has 5 aromatic carbocycles. The maximum atomic E-state index is 16.4. The molecule has 115 heavy (non-hydrogen) atoms. The van der Waals surface area contributed by atoms with Crippen LogP contribution in [0.5, 0.6) is 46.0 Å². The van der Waals surface area contributed by atoms with Gasteiger partial charge in [-0.15, -0.1) is 0 Å². The highest BCUT2D eigenvalue weighted by Crippen LogP contribution is 2.51. The van der Waals surface area contributed by atoms with E-state index in [9.17, 15) is 70.6 Å². The number of fused-ring (bicyclic) bond motifs is 15. The number of phenols is 3. The first-order valence-electron chi connectivity index (χ1n) is 36.7. The zero-order valence-electron chi connectivity index (χ0n) is 63.6. The first kappa shape index (κ1) is 86.7. The number of aromatic hydroxyl groups is 3. The van der Waals surface area contributed by atoms with E-state index in [2.05, 4.69) is 37.2 Å². The van der Waals surface area contributed by atoms with E-state index in [-0.39, 0.29) is 70.0 Å². The number of Topliss-reactive ketones (excluding diaryl/α,β-unsaturated/α-hetero) is 1. The highest BCUT2D eigenvalue weighted by atomic mass is 35.5. The number of nitrogens with two attached hydrogens (primary N) is 2. The van der Waals surface area contributed by atoms with Crippen LogP contribution in [0, 0.1) is 12.8 Å². The first-order chi connectivity index (χ1) is 54.2. The Labute approximate surface area is 667 Å². The monoisotopic (exact) mass is 1650 g/mol. The molecule has 23 atom stereocenters. The molecule has 37 nitrogen and oxygen atoms in total. The van der Waals surface area contributed by atoms with Crippen molar-refractivity contribution in [2.24, 2.45) is 17.4 Å². The minimum atomic E-state index is -2.38. The van der Waals surface area contributed by atoms with Crippen LogP contribution in [-0.2, 0) is 62.0 Å². The normalized spacial score (nSPS) is 31.4. The number of carbonyl (C=O) groups is 8. The topological polar surface area (TPSA) is 572 Å². The summed E-state index contributed by atoms with van der Waals surface area (Å²) in [5.74, 6) is -14.6. The number of likely N-dealkylation sites (N-methyl/N-ethyl adjacent to an activating group) is 2. The number of carbonyl (C=O) groups excluding carboxylic acids is 8. The second kappa shape index (κ2) is 35.3. The SMILES string of the molecule is CNC[C@H]1O[C@@H](O[C@H]2[C@H](O)[C@@H](O)C(Oc3c4cc5cc3Oc3ccc(cc3Cl)[C@@H](OC3C[C@](C)(N)[C@@H](O)[C@H](C)O3)[C@@H]3NC(=O)[C@H](NC(=O)[C@@H]5NC(=O)[C@H](CC(N)=O)NC(=O)[C@H](NC(=O)[C@@H](CC(C)C)N(C)C)[C@H](O)c5ccc(c(Cl)c5)O4)c4ccc(O)c(c4)-c4c(cc(O)c(C)c4O)[C@H](C(C)=O)NC3=O)O[C@@H]2CO)[C@H](O)[C@@H](O)[C@H]1O. The van der Waals surface area contributed by atoms with Crippen LogP contribution in [0.15, 0.2) is 72.8 Å². The number of primary amides is 1. The second-order valence-corrected chi connectivity index (χ2v) is 31.0. The lowest BCUT2D eigenvalue weighted by Crippen LogP contribution is -2.65. The van der Waals surface area contributed by atoms with Gasteiger partial charge in [-0.05, 0) is 144 Å². The largest absolute Gasteiger partial charge is 0.508 e. The fourth-order valence-electron chi connectivity index (χ4n) is 14.6. The Balaban J connectivity index is 1.17. The number of ether oxygens (including phenoxy) is 8. The van der Waals surface area contributed by atoms with Crippen LogP contribution in [0.25, 0.3) is 11.1 Å². The van der Waals surface area contributed by atoms with Crippen molar-refractivity contribution in [3.8, 4) is 57.1 Å². The fraction of sp³-hybridized carbons (Fsp3) is 0.500. The molecule has 2 unspecified atom stereocenters. The number of nitrogens with one attached hydrogen (secondary N) is 7. The third-order valence-electron chi connectivity index (χ3n) is 20.9. The van der Waals surface area contributed by atoms with Crippen molar-refractivity contribution in [2.45, 2.75) is 201 Å². The fourth-order valence-corrected chi connectivity index (χ4v) is 15.1. The smallest absolute Gasteiger partial charge is 0.248 e. The average molecular weight is 1650 g/mol. The first-order valence-corrected chi connectivity index (χ1v) is 37.5. The molecule has 0 saturated carbocycles. The number of hydrogen-bond donors (Lipinski definition) is 20. The lowest BCUT2D eigenvalue weighted by Gasteiger charge is -2.46. The number of rotatable bonds is 17. The third-order valence-corrected chi connectivity index (χ3v) is 21.5. The lowest BCUT2D eigenvalue weighted by molar-refractivity contribution is -0.350. The molecule has 11 bridgehead atoms. The van der Waals surface area contributed by atoms with Gasteiger partial charge in [0.25, 0.3) is 0 Å². The van der Waals surface area contributed by atoms with Gasteiger partial charge < -0.3 is 143 Å². The molecule has 624 valence electrons. The Bertz CT molecular complexity index is 4540. The molecule has 13 rings (SSSR count). The molecule has 22 N–H and O–H groups in total. The van der Waals surface area contributed by atoms with Crippen LogP contribution in [0.4, 0.5) is 0 Å². The van der Waals surface area contributed by atoms with Gasteiger partial charge in [0.05, 0.1) is 41.3 Å². The Kier molecular flexibility index (Phi) is 26.6. The van der Waals surface area contributed by atoms with Gasteiger partial charge >= 0.3 is 0 Å². The van der Waals surface area contributed by atoms with Crippen molar-refractivity contribution < 1.29 is 132 Å². The quantitative estimate of drug-likeness (QED) is 0.0548. The van der Waals surface area contributed by atoms with Crippen molar-refractivity contribution in [2.75, 3.05) is 34.3 Å². The van der Waals surface area contributed by atoms with Gasteiger partial charge in [-0.25, -0.2) is 0 Å². The number of nitrogens with zero attached hydrogens (tertiary/aromatic N) is 1. The number of aliphatic hydroxyl groups is 8. The summed E-state index contributed by atoms with van der Waals surface area (Å²) in [6.45, 7) is 7.82. The maximum absolute atomic E-state index is 16.4. The van der Waals surface area contributed by atoms with E-state index in [1.807, 2.05) is 13.8 Å². The number of hydrogen-bond acceptors (Lipinski definition) is 30. The van der Waals surface area contributed by atoms with E-state index in [1.54, 1.807) is 19.0 Å². The molecule has 5 aromatic rings. The Hall–Kier alpha value is -9.20. The molecular formula is C76H94Cl2N10O27. The van der Waals surface area contributed by atoms with Crippen molar-refractivity contribution >= 4 is 70.3 Å². The number of aliphatic hydroxyl groups excluding tert-OH is 8. The molecule has 3 saturated heterocycles. The Morgan fingerprint density at radius 2 is 1.29 bits per heavy atom. The molecule has 8 heterocycles. The van der Waals surface area contributed by atoms with Crippen LogP contribution in [0.1, 0.15) is 118 Å². The highest BCUT2D eigenvalue weighted by molar-refractivity contribution is 6.32. The standard InChI is InChI=1S/C76H94Cl2N10O27/c1-27(2)16-40(88(8)9)69(103)86-55-58(95)32-11-14-43(37(77)18-32)109-45-20-34-21-46(65(45)114-75-63(100)61(98)66(48(26-89)112-75)115-74-62(99)60(97)59(96)47(111-74)25-81-7)110-44-15-12-33(19-38(44)78)64(113-50-24-76(6,80)67(101)30(5)108-50)56-73(107)83-52(29(4)90)36-22-42(92)28(3)57(94)51(36)35-17-31(10-13-41(35)91)53(70(104)87-56)85-71(105)54(34)84-68(102)39(23-49(79)93)82-72(55)106/h10-15,17-22,27,30,39-40,47-48,50,52-56,58-64,66-67,74-75,81,89,91-92,94-101H,16,23-26,80H2,1-9H3,(H2,79,93)(H,82,106)(H,83,107)(H,84,102)(H,85,105)(H,86,103)(H,87,104)/t30-,39-,40+,47+,48+,50?,52-,53+,54+,55+,56-,58+,59-,60-,61+,62+,63+,64+,66+,67-,74-,75?,76-/m0/s1. The Morgan fingerprint density at radius 3 is 1.89 bits per heavy atom. The van der Waals surface area contributed by atoms with Crippen LogP contribution >= 0.6 is 23.2 Å². The number of phenolic OH excluding ortho intramolecular Hbond substituents is 3. The molecule has 8 aliphatic heterocycles. The van der Waals surface area contributed by atoms with Gasteiger partial charge in [0, 0.05) is 35.2 Å². The molecular weight excluding hydrogens is 1560 g/mol. The van der Waals surface area contributed by atoms with Crippen LogP contribution in [0.3, 0.4) is 0 Å². The molecule has 0 spiro atoms. The van der Waals surface area contributed by atoms with E-state index in [0.29, 0.717) is 0 Å². The Morgan fingerprint density at radius 1 is 0.687 bits per heavy atom. The van der Waals surface area contributed by atoms with E-state index in [4.69, 9.17) is 72.6 Å². The van der Waals surface area contributed by atoms with Crippen LogP contribution < -0.4 is 62.9 Å². The lowest BCUT2D eigenvalue weighted by atomic mass is 9.86. The molecule has 3 fully saturated rings. The van der Waals surface area contributed by atoms with Crippen molar-refractivity contribution in [3.05, 3.63) is 116 Å². The van der Waals surface area contributed by atoms with E-state index >= 15 is 24.0 Å². The summed E-state index contributed by atoms with van der Waals surface area (Å²) in [5, 5.41) is 145. The van der Waals surface area contributed by atoms with E-state index in [0.717, 1.165) is 49.4 Å².